The van der Waals surface area contributed by atoms with Crippen molar-refractivity contribution in [2.24, 2.45) is 0 Å². The molecule has 1 aromatic carbocycles. The van der Waals surface area contributed by atoms with Crippen LogP contribution >= 0.6 is 0 Å². The number of amides is 1. The number of aliphatic carboxylic acids is 1. The highest BCUT2D eigenvalue weighted by Gasteiger charge is 2.26. The molecule has 0 aliphatic carbocycles. The average Bonchev–Trinajstić information content (AvgIpc) is 2.28. The van der Waals surface area contributed by atoms with Gasteiger partial charge in [0.2, 0.25) is 0 Å². The van der Waals surface area contributed by atoms with Crippen LogP contribution < -0.4 is 0 Å². The number of carboxylic acids is 1. The van der Waals surface area contributed by atoms with Crippen molar-refractivity contribution in [1.82, 2.24) is 4.90 Å². The normalized spacial score (nSPS) is 11.9. The fourth-order valence-corrected chi connectivity index (χ4v) is 1.65. The van der Waals surface area contributed by atoms with E-state index in [2.05, 4.69) is 0 Å². The molecule has 0 fully saturated rings. The summed E-state index contributed by atoms with van der Waals surface area (Å²) in [4.78, 5) is 24.0. The van der Waals surface area contributed by atoms with Gasteiger partial charge in [-0.25, -0.2) is 4.79 Å². The summed E-state index contributed by atoms with van der Waals surface area (Å²) in [6.45, 7) is 1.65. The second-order valence-corrected chi connectivity index (χ2v) is 3.88. The van der Waals surface area contributed by atoms with E-state index in [1.54, 1.807) is 6.92 Å². The first-order chi connectivity index (χ1) is 8.38. The Morgan fingerprint density at radius 1 is 1.33 bits per heavy atom. The molecule has 0 aromatic heterocycles. The second kappa shape index (κ2) is 5.39. The van der Waals surface area contributed by atoms with Crippen molar-refractivity contribution < 1.29 is 24.9 Å². The van der Waals surface area contributed by atoms with Gasteiger partial charge in [0, 0.05) is 13.1 Å². The molecule has 0 bridgehead atoms. The number of phenolic OH excluding ortho intramolecular Hbond substituents is 2. The van der Waals surface area contributed by atoms with Gasteiger partial charge in [-0.3, -0.25) is 4.79 Å². The number of likely N-dealkylation sites (N-methyl/N-ethyl adjacent to an activating group) is 1. The van der Waals surface area contributed by atoms with Gasteiger partial charge in [0.05, 0.1) is 5.56 Å². The van der Waals surface area contributed by atoms with Crippen molar-refractivity contribution in [3.63, 3.8) is 0 Å². The molecule has 6 heteroatoms. The molecular formula is C12H15NO5. The van der Waals surface area contributed by atoms with Crippen molar-refractivity contribution in [3.8, 4) is 11.5 Å². The van der Waals surface area contributed by atoms with E-state index in [1.165, 1.54) is 19.2 Å². The van der Waals surface area contributed by atoms with Crippen LogP contribution in [0.2, 0.25) is 0 Å². The largest absolute Gasteiger partial charge is 0.508 e. The summed E-state index contributed by atoms with van der Waals surface area (Å²) in [5.41, 5.74) is -0.0463. The number of hydrogen-bond acceptors (Lipinski definition) is 4. The maximum Gasteiger partial charge on any atom is 0.326 e. The molecule has 1 amide bonds. The van der Waals surface area contributed by atoms with Crippen LogP contribution in [-0.2, 0) is 4.79 Å². The molecule has 0 aliphatic heterocycles. The topological polar surface area (TPSA) is 98.1 Å². The minimum absolute atomic E-state index is 0.0463. The van der Waals surface area contributed by atoms with E-state index < -0.39 is 17.9 Å². The van der Waals surface area contributed by atoms with E-state index in [4.69, 9.17) is 10.2 Å². The Labute approximate surface area is 104 Å². The number of phenols is 2. The molecule has 3 N–H and O–H groups in total. The lowest BCUT2D eigenvalue weighted by Crippen LogP contribution is -2.41. The second-order valence-electron chi connectivity index (χ2n) is 3.88. The zero-order chi connectivity index (χ0) is 13.9. The van der Waals surface area contributed by atoms with Gasteiger partial charge in [0.25, 0.3) is 5.91 Å². The summed E-state index contributed by atoms with van der Waals surface area (Å²) in [7, 11) is 1.36. The number of aromatic hydroxyl groups is 2. The molecule has 0 radical (unpaired) electrons. The molecule has 18 heavy (non-hydrogen) atoms. The molecule has 0 aliphatic rings. The Morgan fingerprint density at radius 3 is 2.39 bits per heavy atom. The Morgan fingerprint density at radius 2 is 1.94 bits per heavy atom. The molecule has 1 atom stereocenters. The Hall–Kier alpha value is -2.24. The van der Waals surface area contributed by atoms with Crippen molar-refractivity contribution >= 4 is 11.9 Å². The van der Waals surface area contributed by atoms with Crippen molar-refractivity contribution in [2.45, 2.75) is 19.4 Å². The lowest BCUT2D eigenvalue weighted by atomic mass is 10.1. The first-order valence-electron chi connectivity index (χ1n) is 5.40. The third kappa shape index (κ3) is 2.71. The first kappa shape index (κ1) is 13.8. The van der Waals surface area contributed by atoms with E-state index in [-0.39, 0.29) is 23.5 Å². The number of nitrogens with zero attached hydrogens (tertiary/aromatic N) is 1. The van der Waals surface area contributed by atoms with Crippen LogP contribution in [0.15, 0.2) is 18.2 Å². The Balaban J connectivity index is 3.02. The van der Waals surface area contributed by atoms with Crippen molar-refractivity contribution in [1.29, 1.82) is 0 Å². The first-order valence-corrected chi connectivity index (χ1v) is 5.40. The Kier molecular flexibility index (Phi) is 4.14. The number of rotatable bonds is 4. The van der Waals surface area contributed by atoms with Gasteiger partial charge in [-0.1, -0.05) is 6.92 Å². The maximum atomic E-state index is 12.0. The van der Waals surface area contributed by atoms with Crippen LogP contribution in [-0.4, -0.2) is 45.2 Å². The smallest absolute Gasteiger partial charge is 0.326 e. The molecule has 6 nitrogen and oxygen atoms in total. The van der Waals surface area contributed by atoms with Gasteiger partial charge in [0.15, 0.2) is 0 Å². The van der Waals surface area contributed by atoms with E-state index >= 15 is 0 Å². The van der Waals surface area contributed by atoms with Crippen molar-refractivity contribution in [3.05, 3.63) is 23.8 Å². The summed E-state index contributed by atoms with van der Waals surface area (Å²) in [5, 5.41) is 27.6. The highest BCUT2D eigenvalue weighted by Crippen LogP contribution is 2.24. The number of carbonyl (C=O) groups is 2. The minimum Gasteiger partial charge on any atom is -0.508 e. The number of hydrogen-bond donors (Lipinski definition) is 3. The lowest BCUT2D eigenvalue weighted by Gasteiger charge is -2.24. The zero-order valence-electron chi connectivity index (χ0n) is 10.1. The third-order valence-corrected chi connectivity index (χ3v) is 2.67. The van der Waals surface area contributed by atoms with Gasteiger partial charge < -0.3 is 20.2 Å². The summed E-state index contributed by atoms with van der Waals surface area (Å²) in [6, 6.07) is 2.58. The van der Waals surface area contributed by atoms with Gasteiger partial charge in [-0.15, -0.1) is 0 Å². The predicted octanol–water partition coefficient (Wildman–Crippen LogP) is 1.03. The molecule has 1 rings (SSSR count). The molecule has 0 spiro atoms. The summed E-state index contributed by atoms with van der Waals surface area (Å²) >= 11 is 0. The lowest BCUT2D eigenvalue weighted by molar-refractivity contribution is -0.142. The van der Waals surface area contributed by atoms with Gasteiger partial charge in [0.1, 0.15) is 17.5 Å². The standard InChI is InChI=1S/C12H15NO5/c1-3-9(12(17)18)13(2)11(16)8-5-4-7(14)6-10(8)15/h4-6,9,14-15H,3H2,1-2H3,(H,17,18). The summed E-state index contributed by atoms with van der Waals surface area (Å²) in [5.74, 6) is -2.27. The maximum absolute atomic E-state index is 12.0. The van der Waals surface area contributed by atoms with Gasteiger partial charge in [-0.2, -0.15) is 0 Å². The van der Waals surface area contributed by atoms with Crippen LogP contribution in [0.1, 0.15) is 23.7 Å². The summed E-state index contributed by atoms with van der Waals surface area (Å²) < 4.78 is 0. The zero-order valence-corrected chi connectivity index (χ0v) is 10.1. The molecule has 0 saturated carbocycles. The average molecular weight is 253 g/mol. The van der Waals surface area contributed by atoms with Crippen LogP contribution in [0.4, 0.5) is 0 Å². The Bertz CT molecular complexity index is 472. The van der Waals surface area contributed by atoms with Gasteiger partial charge >= 0.3 is 5.97 Å². The van der Waals surface area contributed by atoms with Crippen LogP contribution in [0.3, 0.4) is 0 Å². The summed E-state index contributed by atoms with van der Waals surface area (Å²) in [6.07, 6.45) is 0.260. The van der Waals surface area contributed by atoms with E-state index in [0.717, 1.165) is 11.0 Å². The van der Waals surface area contributed by atoms with E-state index in [9.17, 15) is 14.7 Å². The van der Waals surface area contributed by atoms with E-state index in [1.807, 2.05) is 0 Å². The monoisotopic (exact) mass is 253 g/mol. The quantitative estimate of drug-likeness (QED) is 0.744. The van der Waals surface area contributed by atoms with Gasteiger partial charge in [-0.05, 0) is 18.6 Å². The van der Waals surface area contributed by atoms with Crippen LogP contribution in [0.5, 0.6) is 11.5 Å². The fraction of sp³-hybridized carbons (Fsp3) is 0.333. The molecule has 98 valence electrons. The number of carbonyl (C=O) groups excluding carboxylic acids is 1. The molecule has 1 unspecified atom stereocenters. The number of carboxylic acid groups (broad SMARTS) is 1. The van der Waals surface area contributed by atoms with Crippen molar-refractivity contribution in [2.75, 3.05) is 7.05 Å². The molecule has 1 aromatic rings. The molecule has 0 saturated heterocycles. The fourth-order valence-electron chi connectivity index (χ4n) is 1.65. The predicted molar refractivity (Wildman–Crippen MR) is 63.6 cm³/mol. The minimum atomic E-state index is -1.10. The van der Waals surface area contributed by atoms with Crippen LogP contribution in [0.25, 0.3) is 0 Å². The van der Waals surface area contributed by atoms with E-state index in [0.29, 0.717) is 0 Å². The molecule has 0 heterocycles. The SMILES string of the molecule is CCC(C(=O)O)N(C)C(=O)c1ccc(O)cc1O. The highest BCUT2D eigenvalue weighted by atomic mass is 16.4. The molecular weight excluding hydrogens is 238 g/mol. The highest BCUT2D eigenvalue weighted by molar-refractivity contribution is 5.98. The number of benzene rings is 1. The third-order valence-electron chi connectivity index (χ3n) is 2.67. The van der Waals surface area contributed by atoms with Crippen LogP contribution in [0, 0.1) is 0 Å².